The number of halogens is 1. The molecule has 0 heterocycles. The number of hydrogen-bond acceptors (Lipinski definition) is 2. The van der Waals surface area contributed by atoms with Gasteiger partial charge in [0.05, 0.1) is 5.02 Å². The zero-order valence-corrected chi connectivity index (χ0v) is 20.9. The van der Waals surface area contributed by atoms with E-state index < -0.39 is 0 Å². The monoisotopic (exact) mass is 474 g/mol. The Balaban J connectivity index is 1.97. The molecule has 0 aromatic heterocycles. The van der Waals surface area contributed by atoms with Gasteiger partial charge in [0, 0.05) is 13.1 Å². The minimum Gasteiger partial charge on any atom is -0.506 e. The van der Waals surface area contributed by atoms with Gasteiger partial charge in [0.1, 0.15) is 5.75 Å². The number of aromatic hydroxyl groups is 1. The van der Waals surface area contributed by atoms with E-state index in [0.29, 0.717) is 16.7 Å². The number of thiocarbonyl (C=S) groups is 1. The minimum atomic E-state index is 0.0907. The second-order valence-electron chi connectivity index (χ2n) is 7.63. The second kappa shape index (κ2) is 19.6. The van der Waals surface area contributed by atoms with Crippen LogP contribution in [-0.2, 0) is 6.54 Å². The van der Waals surface area contributed by atoms with Gasteiger partial charge in [0.2, 0.25) is 0 Å². The lowest BCUT2D eigenvalue weighted by molar-refractivity contribution is 0.475. The van der Waals surface area contributed by atoms with Crippen molar-refractivity contribution >= 4 is 28.9 Å². The van der Waals surface area contributed by atoms with Gasteiger partial charge >= 0.3 is 0 Å². The number of unbranched alkanes of at least 4 members (excludes halogenated alkanes) is 4. The minimum absolute atomic E-state index is 0.0907. The Morgan fingerprint density at radius 2 is 1.47 bits per heavy atom. The fourth-order valence-corrected chi connectivity index (χ4v) is 3.27. The van der Waals surface area contributed by atoms with Crippen molar-refractivity contribution in [1.82, 2.24) is 10.6 Å². The lowest BCUT2D eigenvalue weighted by atomic mass is 10.2. The molecule has 0 fully saturated rings. The van der Waals surface area contributed by atoms with Crippen LogP contribution in [0, 0.1) is 0 Å². The van der Waals surface area contributed by atoms with Crippen molar-refractivity contribution in [2.75, 3.05) is 6.54 Å². The van der Waals surface area contributed by atoms with E-state index in [2.05, 4.69) is 66.2 Å². The predicted octanol–water partition coefficient (Wildman–Crippen LogP) is 7.77. The number of rotatable bonds is 16. The molecular formula is C27H39ClN2OS. The third kappa shape index (κ3) is 15.7. The molecule has 0 aliphatic carbocycles. The maximum absolute atomic E-state index is 9.44. The van der Waals surface area contributed by atoms with Crippen LogP contribution in [0.15, 0.2) is 66.8 Å². The van der Waals surface area contributed by atoms with Crippen LogP contribution >= 0.6 is 23.8 Å². The fraction of sp³-hybridized carbons (Fsp3) is 0.444. The maximum atomic E-state index is 9.44. The Hall–Kier alpha value is -2.04. The number of benzene rings is 1. The van der Waals surface area contributed by atoms with Crippen molar-refractivity contribution in [2.45, 2.75) is 71.3 Å². The standard InChI is InChI=1S/C27H39ClN2OS/c1-2-3-4-5-6-7-8-9-10-11-12-13-14-15-16-17-18-21-29-27(32)30-23-24-19-20-26(31)25(28)22-24/h6-7,9-10,12-13,15-16,19-20,22,31H,2-5,8,11,14,17-18,21,23H2,1H3,(H2,29,30,32)/b7-6-,10-9-,13-12+,16-15-. The molecule has 3 N–H and O–H groups in total. The molecule has 0 unspecified atom stereocenters. The molecule has 0 amide bonds. The average Bonchev–Trinajstić information content (AvgIpc) is 2.79. The zero-order valence-electron chi connectivity index (χ0n) is 19.4. The van der Waals surface area contributed by atoms with E-state index in [1.54, 1.807) is 12.1 Å². The van der Waals surface area contributed by atoms with Crippen LogP contribution in [-0.4, -0.2) is 16.8 Å². The van der Waals surface area contributed by atoms with Gasteiger partial charge in [-0.3, -0.25) is 0 Å². The van der Waals surface area contributed by atoms with Crippen LogP contribution in [0.5, 0.6) is 5.75 Å². The molecule has 5 heteroatoms. The van der Waals surface area contributed by atoms with E-state index in [0.717, 1.165) is 44.2 Å². The topological polar surface area (TPSA) is 44.3 Å². The summed E-state index contributed by atoms with van der Waals surface area (Å²) < 4.78 is 0. The fourth-order valence-electron chi connectivity index (χ4n) is 2.89. The molecule has 0 saturated carbocycles. The molecule has 0 saturated heterocycles. The molecule has 32 heavy (non-hydrogen) atoms. The molecule has 0 aliphatic rings. The highest BCUT2D eigenvalue weighted by Crippen LogP contribution is 2.23. The number of phenols is 1. The summed E-state index contributed by atoms with van der Waals surface area (Å²) in [4.78, 5) is 0. The van der Waals surface area contributed by atoms with Crippen LogP contribution in [0.4, 0.5) is 0 Å². The second-order valence-corrected chi connectivity index (χ2v) is 8.44. The highest BCUT2D eigenvalue weighted by atomic mass is 35.5. The first-order chi connectivity index (χ1) is 15.6. The Morgan fingerprint density at radius 3 is 2.06 bits per heavy atom. The zero-order chi connectivity index (χ0) is 23.3. The van der Waals surface area contributed by atoms with Crippen molar-refractivity contribution in [1.29, 1.82) is 0 Å². The highest BCUT2D eigenvalue weighted by Gasteiger charge is 2.01. The van der Waals surface area contributed by atoms with Gasteiger partial charge in [0.15, 0.2) is 5.11 Å². The average molecular weight is 475 g/mol. The predicted molar refractivity (Wildman–Crippen MR) is 144 cm³/mol. The van der Waals surface area contributed by atoms with Gasteiger partial charge in [0.25, 0.3) is 0 Å². The summed E-state index contributed by atoms with van der Waals surface area (Å²) in [5, 5.41) is 16.8. The van der Waals surface area contributed by atoms with E-state index in [-0.39, 0.29) is 5.75 Å². The maximum Gasteiger partial charge on any atom is 0.166 e. The van der Waals surface area contributed by atoms with Crippen molar-refractivity contribution in [3.63, 3.8) is 0 Å². The molecule has 1 aromatic rings. The van der Waals surface area contributed by atoms with Gasteiger partial charge in [-0.25, -0.2) is 0 Å². The molecule has 3 nitrogen and oxygen atoms in total. The van der Waals surface area contributed by atoms with Crippen molar-refractivity contribution in [2.24, 2.45) is 0 Å². The molecule has 1 aromatic carbocycles. The van der Waals surface area contributed by atoms with Crippen molar-refractivity contribution in [3.8, 4) is 5.75 Å². The lowest BCUT2D eigenvalue weighted by Gasteiger charge is -2.10. The van der Waals surface area contributed by atoms with Crippen LogP contribution < -0.4 is 10.6 Å². The van der Waals surface area contributed by atoms with Crippen LogP contribution in [0.2, 0.25) is 5.02 Å². The van der Waals surface area contributed by atoms with E-state index in [1.165, 1.54) is 25.7 Å². The summed E-state index contributed by atoms with van der Waals surface area (Å²) in [5.41, 5.74) is 0.970. The summed E-state index contributed by atoms with van der Waals surface area (Å²) in [5.74, 6) is 0.0907. The summed E-state index contributed by atoms with van der Waals surface area (Å²) in [6.07, 6.45) is 28.1. The third-order valence-corrected chi connectivity index (χ3v) is 5.35. The van der Waals surface area contributed by atoms with Gasteiger partial charge < -0.3 is 15.7 Å². The van der Waals surface area contributed by atoms with Crippen LogP contribution in [0.3, 0.4) is 0 Å². The molecule has 176 valence electrons. The lowest BCUT2D eigenvalue weighted by Crippen LogP contribution is -2.35. The quantitative estimate of drug-likeness (QED) is 0.130. The smallest absolute Gasteiger partial charge is 0.166 e. The van der Waals surface area contributed by atoms with Gasteiger partial charge in [-0.05, 0) is 74.9 Å². The molecule has 0 atom stereocenters. The first kappa shape index (κ1) is 28.0. The number of allylic oxidation sites excluding steroid dienone is 8. The summed E-state index contributed by atoms with van der Waals surface area (Å²) in [6, 6.07) is 5.14. The molecule has 1 rings (SSSR count). The Bertz CT molecular complexity index is 756. The third-order valence-electron chi connectivity index (χ3n) is 4.76. The number of nitrogens with one attached hydrogen (secondary N) is 2. The Kier molecular flexibility index (Phi) is 17.2. The largest absolute Gasteiger partial charge is 0.506 e. The first-order valence-electron chi connectivity index (χ1n) is 11.7. The molecule has 0 spiro atoms. The number of hydrogen-bond donors (Lipinski definition) is 3. The van der Waals surface area contributed by atoms with Gasteiger partial charge in [-0.15, -0.1) is 0 Å². The SMILES string of the molecule is CCCCC/C=C\C/C=C\C/C=C/C/C=C\CCCNC(=S)NCc1ccc(O)c(Cl)c1. The van der Waals surface area contributed by atoms with Crippen molar-refractivity contribution < 1.29 is 5.11 Å². The van der Waals surface area contributed by atoms with Gasteiger partial charge in [-0.1, -0.05) is 86.0 Å². The first-order valence-corrected chi connectivity index (χ1v) is 12.5. The van der Waals surface area contributed by atoms with E-state index in [4.69, 9.17) is 23.8 Å². The van der Waals surface area contributed by atoms with Crippen LogP contribution in [0.1, 0.15) is 70.3 Å². The molecule has 0 bridgehead atoms. The number of phenolic OH excluding ortho intramolecular Hbond substituents is 1. The summed E-state index contributed by atoms with van der Waals surface area (Å²) >= 11 is 11.2. The van der Waals surface area contributed by atoms with E-state index in [9.17, 15) is 5.11 Å². The molecule has 0 radical (unpaired) electrons. The van der Waals surface area contributed by atoms with Crippen LogP contribution in [0.25, 0.3) is 0 Å². The normalized spacial score (nSPS) is 11.9. The van der Waals surface area contributed by atoms with Gasteiger partial charge in [-0.2, -0.15) is 0 Å². The molecular weight excluding hydrogens is 436 g/mol. The Labute approximate surface area is 205 Å². The summed E-state index contributed by atoms with van der Waals surface area (Å²) in [6.45, 7) is 3.65. The highest BCUT2D eigenvalue weighted by molar-refractivity contribution is 7.80. The van der Waals surface area contributed by atoms with Crippen molar-refractivity contribution in [3.05, 3.63) is 77.4 Å². The van der Waals surface area contributed by atoms with E-state index in [1.807, 2.05) is 6.07 Å². The summed E-state index contributed by atoms with van der Waals surface area (Å²) in [7, 11) is 0. The Morgan fingerprint density at radius 1 is 0.875 bits per heavy atom. The molecule has 0 aliphatic heterocycles. The van der Waals surface area contributed by atoms with E-state index >= 15 is 0 Å².